The smallest absolute Gasteiger partial charge is 0.274 e. The molecule has 2 aromatic heterocycles. The average molecular weight is 415 g/mol. The number of nitro benzene ring substituents is 1. The summed E-state index contributed by atoms with van der Waals surface area (Å²) in [5.74, 6) is -0.132. The van der Waals surface area contributed by atoms with Crippen molar-refractivity contribution in [2.24, 2.45) is 10.2 Å². The van der Waals surface area contributed by atoms with Gasteiger partial charge in [-0.25, -0.2) is 9.50 Å². The second-order valence-electron chi connectivity index (χ2n) is 6.84. The number of non-ortho nitro benzene ring substituents is 1. The quantitative estimate of drug-likeness (QED) is 0.300. The van der Waals surface area contributed by atoms with E-state index in [1.54, 1.807) is 31.2 Å². The lowest BCUT2D eigenvalue weighted by Crippen LogP contribution is -2.27. The number of fused-ring (bicyclic) bond motifs is 2. The molecule has 11 nitrogen and oxygen atoms in total. The number of rotatable bonds is 3. The van der Waals surface area contributed by atoms with Gasteiger partial charge in [-0.15, -0.1) is 10.2 Å². The number of carbonyl (C=O) groups is 1. The van der Waals surface area contributed by atoms with Crippen molar-refractivity contribution in [3.8, 4) is 0 Å². The Bertz CT molecular complexity index is 1530. The zero-order valence-electron chi connectivity index (χ0n) is 16.0. The van der Waals surface area contributed by atoms with Crippen LogP contribution in [0.2, 0.25) is 0 Å². The number of nitrogens with one attached hydrogen (secondary N) is 2. The van der Waals surface area contributed by atoms with E-state index in [1.807, 2.05) is 0 Å². The summed E-state index contributed by atoms with van der Waals surface area (Å²) in [5, 5.41) is 24.5. The Hall–Kier alpha value is -4.67. The fourth-order valence-electron chi connectivity index (χ4n) is 3.49. The third kappa shape index (κ3) is 2.87. The third-order valence-corrected chi connectivity index (χ3v) is 4.99. The minimum Gasteiger partial charge on any atom is -0.321 e. The highest BCUT2D eigenvalue weighted by molar-refractivity contribution is 6.31. The first-order valence-electron chi connectivity index (χ1n) is 9.16. The van der Waals surface area contributed by atoms with Crippen molar-refractivity contribution in [3.63, 3.8) is 0 Å². The molecular formula is C20H13N7O4. The van der Waals surface area contributed by atoms with Crippen LogP contribution in [0.4, 0.5) is 22.9 Å². The number of hydrogen-bond donors (Lipinski definition) is 2. The van der Waals surface area contributed by atoms with Gasteiger partial charge in [0.15, 0.2) is 11.5 Å². The summed E-state index contributed by atoms with van der Waals surface area (Å²) < 4.78 is 1.46. The van der Waals surface area contributed by atoms with E-state index in [0.29, 0.717) is 22.6 Å². The number of aromatic nitrogens is 3. The highest BCUT2D eigenvalue weighted by Gasteiger charge is 2.27. The molecule has 31 heavy (non-hydrogen) atoms. The van der Waals surface area contributed by atoms with Crippen LogP contribution in [0.5, 0.6) is 0 Å². The van der Waals surface area contributed by atoms with E-state index in [9.17, 15) is 19.7 Å². The van der Waals surface area contributed by atoms with E-state index in [-0.39, 0.29) is 33.9 Å². The molecule has 2 aromatic carbocycles. The van der Waals surface area contributed by atoms with Crippen molar-refractivity contribution in [2.45, 2.75) is 6.92 Å². The molecule has 1 amide bonds. The predicted octanol–water partition coefficient (Wildman–Crippen LogP) is 2.52. The van der Waals surface area contributed by atoms with Crippen LogP contribution in [-0.2, 0) is 4.79 Å². The van der Waals surface area contributed by atoms with Crippen LogP contribution in [0.3, 0.4) is 0 Å². The van der Waals surface area contributed by atoms with Crippen molar-refractivity contribution >= 4 is 40.0 Å². The molecule has 0 bridgehead atoms. The molecule has 0 atom stereocenters. The number of azo groups is 1. The maximum atomic E-state index is 12.6. The summed E-state index contributed by atoms with van der Waals surface area (Å²) in [6.45, 7) is 1.71. The Morgan fingerprint density at radius 3 is 2.55 bits per heavy atom. The van der Waals surface area contributed by atoms with Gasteiger partial charge in [0.2, 0.25) is 0 Å². The van der Waals surface area contributed by atoms with E-state index < -0.39 is 10.5 Å². The van der Waals surface area contributed by atoms with Crippen LogP contribution >= 0.6 is 0 Å². The van der Waals surface area contributed by atoms with Crippen molar-refractivity contribution in [1.29, 1.82) is 0 Å². The number of hydrogen-bond acceptors (Lipinski definition) is 7. The topological polar surface area (TPSA) is 147 Å². The summed E-state index contributed by atoms with van der Waals surface area (Å²) in [4.78, 5) is 39.9. The van der Waals surface area contributed by atoms with Crippen LogP contribution in [0, 0.1) is 17.0 Å². The molecule has 0 saturated heterocycles. The molecular weight excluding hydrogens is 402 g/mol. The van der Waals surface area contributed by atoms with Gasteiger partial charge in [-0.05, 0) is 25.1 Å². The number of benzene rings is 2. The van der Waals surface area contributed by atoms with Gasteiger partial charge in [-0.2, -0.15) is 0 Å². The van der Waals surface area contributed by atoms with Gasteiger partial charge >= 0.3 is 0 Å². The van der Waals surface area contributed by atoms with Crippen LogP contribution in [-0.4, -0.2) is 25.4 Å². The lowest BCUT2D eigenvalue weighted by molar-refractivity contribution is -0.384. The average Bonchev–Trinajstić information content (AvgIpc) is 3.36. The number of anilines is 1. The fourth-order valence-corrected chi connectivity index (χ4v) is 3.49. The van der Waals surface area contributed by atoms with E-state index in [4.69, 9.17) is 0 Å². The summed E-state index contributed by atoms with van der Waals surface area (Å²) >= 11 is 0. The number of carbonyl (C=O) groups excluding carboxylic acids is 1. The molecule has 11 heteroatoms. The lowest BCUT2D eigenvalue weighted by atomic mass is 10.1. The first-order valence-corrected chi connectivity index (χ1v) is 9.16. The Labute approximate surface area is 172 Å². The highest BCUT2D eigenvalue weighted by Crippen LogP contribution is 2.30. The Balaban J connectivity index is 1.64. The standard InChI is InChI=1S/C20H13N7O4/c1-10-17(24-23-11-6-8-12(9-7-11)27(30)31)22-18-16(20(29)25-26(10)18)15-13-4-2-3-5-14(13)21-19(15)28/h2-9H,1H3,(H,21,28)(H,25,29)/b16-15+,24-23?. The molecule has 1 aliphatic heterocycles. The third-order valence-electron chi connectivity index (χ3n) is 4.99. The molecule has 0 aliphatic carbocycles. The molecule has 1 aliphatic rings. The zero-order valence-corrected chi connectivity index (χ0v) is 16.0. The van der Waals surface area contributed by atoms with Gasteiger partial charge in [-0.1, -0.05) is 18.2 Å². The molecule has 0 fully saturated rings. The van der Waals surface area contributed by atoms with Crippen LogP contribution in [0.1, 0.15) is 11.3 Å². The van der Waals surface area contributed by atoms with Gasteiger partial charge in [0, 0.05) is 23.4 Å². The van der Waals surface area contributed by atoms with Crippen molar-refractivity contribution < 1.29 is 9.72 Å². The normalized spacial score (nSPS) is 14.9. The van der Waals surface area contributed by atoms with Crippen molar-refractivity contribution in [2.75, 3.05) is 5.32 Å². The minimum absolute atomic E-state index is 0.0507. The highest BCUT2D eigenvalue weighted by atomic mass is 16.6. The number of nitro groups is 1. The van der Waals surface area contributed by atoms with Crippen molar-refractivity contribution in [1.82, 2.24) is 14.6 Å². The first-order chi connectivity index (χ1) is 14.9. The van der Waals surface area contributed by atoms with Crippen molar-refractivity contribution in [3.05, 3.63) is 85.5 Å². The molecule has 5 rings (SSSR count). The summed E-state index contributed by atoms with van der Waals surface area (Å²) in [6.07, 6.45) is 0. The Kier molecular flexibility index (Phi) is 3.97. The maximum Gasteiger partial charge on any atom is 0.274 e. The fraction of sp³-hybridized carbons (Fsp3) is 0.0500. The van der Waals surface area contributed by atoms with Crippen LogP contribution in [0.25, 0.3) is 11.2 Å². The molecule has 3 heterocycles. The summed E-state index contributed by atoms with van der Waals surface area (Å²) in [5.41, 5.74) is 2.21. The van der Waals surface area contributed by atoms with E-state index in [1.165, 1.54) is 28.8 Å². The molecule has 4 aromatic rings. The first kappa shape index (κ1) is 18.4. The summed E-state index contributed by atoms with van der Waals surface area (Å²) in [7, 11) is 0. The number of aryl methyl sites for hydroxylation is 1. The number of nitrogens with zero attached hydrogens (tertiary/aromatic N) is 5. The second-order valence-corrected chi connectivity index (χ2v) is 6.84. The monoisotopic (exact) mass is 415 g/mol. The molecule has 0 radical (unpaired) electrons. The van der Waals surface area contributed by atoms with Gasteiger partial charge in [0.05, 0.1) is 27.1 Å². The zero-order chi connectivity index (χ0) is 21.7. The van der Waals surface area contributed by atoms with Gasteiger partial charge in [-0.3, -0.25) is 24.8 Å². The molecule has 0 saturated carbocycles. The van der Waals surface area contributed by atoms with Gasteiger partial charge < -0.3 is 5.32 Å². The number of H-pyrrole nitrogens is 1. The minimum atomic E-state index is -0.500. The predicted molar refractivity (Wildman–Crippen MR) is 111 cm³/mol. The van der Waals surface area contributed by atoms with Crippen LogP contribution < -0.4 is 16.1 Å². The van der Waals surface area contributed by atoms with E-state index >= 15 is 0 Å². The van der Waals surface area contributed by atoms with Gasteiger partial charge in [0.1, 0.15) is 0 Å². The Morgan fingerprint density at radius 1 is 1.06 bits per heavy atom. The maximum absolute atomic E-state index is 12.6. The lowest BCUT2D eigenvalue weighted by Gasteiger charge is -1.94. The number of amides is 1. The van der Waals surface area contributed by atoms with Crippen LogP contribution in [0.15, 0.2) is 63.6 Å². The van der Waals surface area contributed by atoms with E-state index in [0.717, 1.165) is 0 Å². The molecule has 0 unspecified atom stereocenters. The van der Waals surface area contributed by atoms with E-state index in [2.05, 4.69) is 25.6 Å². The molecule has 0 spiro atoms. The largest absolute Gasteiger partial charge is 0.321 e. The number of para-hydroxylation sites is 1. The number of aromatic amines is 1. The number of imidazole rings is 1. The summed E-state index contributed by atoms with van der Waals surface area (Å²) in [6, 6.07) is 12.7. The second kappa shape index (κ2) is 6.69. The van der Waals surface area contributed by atoms with Gasteiger partial charge in [0.25, 0.3) is 17.2 Å². The SMILES string of the molecule is Cc1c(N=Nc2ccc([N+](=O)[O-])cc2)nc2/c(=C3\C(=O)Nc4ccccc43)c(=O)[nH]n12. The molecule has 2 N–H and O–H groups in total. The molecule has 152 valence electrons. The Morgan fingerprint density at radius 2 is 1.81 bits per heavy atom.